The molecule has 0 fully saturated rings. The van der Waals surface area contributed by atoms with E-state index >= 15 is 0 Å². The normalized spacial score (nSPS) is 10.8. The molecule has 7 heteroatoms. The topological polar surface area (TPSA) is 84.8 Å². The number of nitrogens with zero attached hydrogens (tertiary/aromatic N) is 3. The van der Waals surface area contributed by atoms with Crippen LogP contribution in [0.15, 0.2) is 65.7 Å². The van der Waals surface area contributed by atoms with Crippen molar-refractivity contribution in [1.82, 2.24) is 19.5 Å². The van der Waals surface area contributed by atoms with Gasteiger partial charge in [0.1, 0.15) is 17.6 Å². The number of nitrogens with one attached hydrogen (secondary N) is 2. The van der Waals surface area contributed by atoms with Gasteiger partial charge in [-0.05, 0) is 29.8 Å². The number of hydrogen-bond acceptors (Lipinski definition) is 5. The van der Waals surface area contributed by atoms with Crippen molar-refractivity contribution < 1.29 is 4.74 Å². The highest BCUT2D eigenvalue weighted by Gasteiger charge is 2.13. The number of ether oxygens (including phenoxy) is 1. The number of methoxy groups -OCH3 is 1. The van der Waals surface area contributed by atoms with Crippen LogP contribution >= 0.6 is 0 Å². The predicted molar refractivity (Wildman–Crippen MR) is 99.8 cm³/mol. The number of benzene rings is 2. The smallest absolute Gasteiger partial charge is 0.332 e. The molecule has 0 aliphatic carbocycles. The molecule has 0 aliphatic rings. The van der Waals surface area contributed by atoms with Gasteiger partial charge in [-0.3, -0.25) is 0 Å². The molecule has 0 radical (unpaired) electrons. The fourth-order valence-electron chi connectivity index (χ4n) is 2.80. The first-order chi connectivity index (χ1) is 12.8. The van der Waals surface area contributed by atoms with Crippen LogP contribution in [-0.2, 0) is 6.54 Å². The van der Waals surface area contributed by atoms with E-state index in [4.69, 9.17) is 4.74 Å². The second-order valence-electron chi connectivity index (χ2n) is 5.72. The molecule has 0 atom stereocenters. The maximum absolute atomic E-state index is 12.4. The van der Waals surface area contributed by atoms with Gasteiger partial charge >= 0.3 is 5.69 Å². The molecule has 26 heavy (non-hydrogen) atoms. The zero-order valence-electron chi connectivity index (χ0n) is 14.1. The molecule has 0 amide bonds. The molecule has 130 valence electrons. The number of anilines is 1. The quantitative estimate of drug-likeness (QED) is 0.580. The van der Waals surface area contributed by atoms with Crippen LogP contribution in [0.1, 0.15) is 5.56 Å². The fraction of sp³-hybridized carbons (Fsp3) is 0.105. The van der Waals surface area contributed by atoms with Crippen molar-refractivity contribution in [2.24, 2.45) is 0 Å². The number of H-pyrrole nitrogens is 1. The van der Waals surface area contributed by atoms with Gasteiger partial charge in [0, 0.05) is 6.54 Å². The standard InChI is InChI=1S/C19H17N5O2/c1-26-15-9-7-13(8-10-15)11-20-17-16-18(22-12-21-17)24(19(25)23-16)14-5-3-2-4-6-14/h2-10,12H,11H2,1H3,(H,23,25)(H,20,21,22). The van der Waals surface area contributed by atoms with Crippen molar-refractivity contribution in [3.8, 4) is 11.4 Å². The number of para-hydroxylation sites is 1. The molecule has 2 aromatic heterocycles. The molecule has 0 spiro atoms. The lowest BCUT2D eigenvalue weighted by molar-refractivity contribution is 0.414. The Balaban J connectivity index is 1.67. The van der Waals surface area contributed by atoms with E-state index in [1.807, 2.05) is 54.6 Å². The van der Waals surface area contributed by atoms with E-state index in [9.17, 15) is 4.79 Å². The Morgan fingerprint density at radius 2 is 1.85 bits per heavy atom. The molecule has 4 aromatic rings. The van der Waals surface area contributed by atoms with Gasteiger partial charge in [0.2, 0.25) is 0 Å². The summed E-state index contributed by atoms with van der Waals surface area (Å²) in [5.41, 5.74) is 2.69. The molecule has 0 saturated carbocycles. The summed E-state index contributed by atoms with van der Waals surface area (Å²) >= 11 is 0. The third kappa shape index (κ3) is 2.90. The number of fused-ring (bicyclic) bond motifs is 1. The van der Waals surface area contributed by atoms with E-state index in [-0.39, 0.29) is 5.69 Å². The zero-order valence-corrected chi connectivity index (χ0v) is 14.1. The molecule has 2 heterocycles. The van der Waals surface area contributed by atoms with Gasteiger partial charge in [-0.2, -0.15) is 0 Å². The van der Waals surface area contributed by atoms with E-state index in [0.29, 0.717) is 23.5 Å². The SMILES string of the molecule is COc1ccc(CNc2ncnc3c2[nH]c(=O)n3-c2ccccc2)cc1. The van der Waals surface area contributed by atoms with Gasteiger partial charge in [-0.15, -0.1) is 0 Å². The number of imidazole rings is 1. The Kier molecular flexibility index (Phi) is 4.10. The Bertz CT molecular complexity index is 1080. The highest BCUT2D eigenvalue weighted by atomic mass is 16.5. The third-order valence-corrected chi connectivity index (χ3v) is 4.11. The van der Waals surface area contributed by atoms with E-state index in [1.54, 1.807) is 7.11 Å². The molecule has 4 rings (SSSR count). The zero-order chi connectivity index (χ0) is 17.9. The maximum atomic E-state index is 12.4. The van der Waals surface area contributed by atoms with Crippen LogP contribution in [0.3, 0.4) is 0 Å². The van der Waals surface area contributed by atoms with Crippen molar-refractivity contribution in [3.63, 3.8) is 0 Å². The maximum Gasteiger partial charge on any atom is 0.332 e. The first kappa shape index (κ1) is 15.9. The highest BCUT2D eigenvalue weighted by Crippen LogP contribution is 2.19. The summed E-state index contributed by atoms with van der Waals surface area (Å²) in [5, 5.41) is 3.26. The highest BCUT2D eigenvalue weighted by molar-refractivity contribution is 5.83. The molecule has 0 aliphatic heterocycles. The average molecular weight is 347 g/mol. The van der Waals surface area contributed by atoms with Crippen molar-refractivity contribution in [2.75, 3.05) is 12.4 Å². The van der Waals surface area contributed by atoms with Crippen LogP contribution in [0.25, 0.3) is 16.9 Å². The third-order valence-electron chi connectivity index (χ3n) is 4.11. The molecular formula is C19H17N5O2. The molecule has 0 saturated heterocycles. The van der Waals surface area contributed by atoms with Crippen LogP contribution in [0.5, 0.6) is 5.75 Å². The van der Waals surface area contributed by atoms with E-state index in [0.717, 1.165) is 17.0 Å². The first-order valence-electron chi connectivity index (χ1n) is 8.14. The number of hydrogen-bond donors (Lipinski definition) is 2. The van der Waals surface area contributed by atoms with Crippen LogP contribution in [0.2, 0.25) is 0 Å². The van der Waals surface area contributed by atoms with Crippen molar-refractivity contribution in [3.05, 3.63) is 77.0 Å². The minimum Gasteiger partial charge on any atom is -0.497 e. The van der Waals surface area contributed by atoms with Gasteiger partial charge in [-0.1, -0.05) is 30.3 Å². The second kappa shape index (κ2) is 6.72. The lowest BCUT2D eigenvalue weighted by Gasteiger charge is -2.07. The predicted octanol–water partition coefficient (Wildman–Crippen LogP) is 2.73. The summed E-state index contributed by atoms with van der Waals surface area (Å²) in [5.74, 6) is 1.39. The van der Waals surface area contributed by atoms with E-state index in [1.165, 1.54) is 10.9 Å². The van der Waals surface area contributed by atoms with E-state index in [2.05, 4.69) is 20.3 Å². The number of aromatic nitrogens is 4. The largest absolute Gasteiger partial charge is 0.497 e. The van der Waals surface area contributed by atoms with Crippen LogP contribution in [0.4, 0.5) is 5.82 Å². The Hall–Kier alpha value is -3.61. The van der Waals surface area contributed by atoms with Gasteiger partial charge in [-0.25, -0.2) is 19.3 Å². The fourth-order valence-corrected chi connectivity index (χ4v) is 2.80. The van der Waals surface area contributed by atoms with Crippen LogP contribution in [-0.4, -0.2) is 26.6 Å². The molecule has 0 unspecified atom stereocenters. The molecular weight excluding hydrogens is 330 g/mol. The summed E-state index contributed by atoms with van der Waals surface area (Å²) in [6, 6.07) is 17.1. The molecule has 2 aromatic carbocycles. The Morgan fingerprint density at radius 3 is 2.58 bits per heavy atom. The van der Waals surface area contributed by atoms with Crippen LogP contribution in [0, 0.1) is 0 Å². The second-order valence-corrected chi connectivity index (χ2v) is 5.72. The summed E-state index contributed by atoms with van der Waals surface area (Å²) in [4.78, 5) is 23.8. The minimum atomic E-state index is -0.251. The van der Waals surface area contributed by atoms with Crippen molar-refractivity contribution >= 4 is 17.0 Å². The van der Waals surface area contributed by atoms with Crippen LogP contribution < -0.4 is 15.7 Å². The number of aromatic amines is 1. The minimum absolute atomic E-state index is 0.251. The first-order valence-corrected chi connectivity index (χ1v) is 8.14. The van der Waals surface area contributed by atoms with Crippen molar-refractivity contribution in [1.29, 1.82) is 0 Å². The van der Waals surface area contributed by atoms with Gasteiger partial charge < -0.3 is 15.0 Å². The summed E-state index contributed by atoms with van der Waals surface area (Å²) < 4.78 is 6.70. The molecule has 7 nitrogen and oxygen atoms in total. The van der Waals surface area contributed by atoms with Gasteiger partial charge in [0.05, 0.1) is 12.8 Å². The Labute approximate surface area is 149 Å². The molecule has 2 N–H and O–H groups in total. The van der Waals surface area contributed by atoms with Gasteiger partial charge in [0.25, 0.3) is 0 Å². The monoisotopic (exact) mass is 347 g/mol. The number of rotatable bonds is 5. The van der Waals surface area contributed by atoms with Gasteiger partial charge in [0.15, 0.2) is 11.5 Å². The molecule has 0 bridgehead atoms. The van der Waals surface area contributed by atoms with E-state index < -0.39 is 0 Å². The Morgan fingerprint density at radius 1 is 1.08 bits per heavy atom. The van der Waals surface area contributed by atoms with Crippen molar-refractivity contribution in [2.45, 2.75) is 6.54 Å². The summed E-state index contributed by atoms with van der Waals surface area (Å²) in [7, 11) is 1.64. The lowest BCUT2D eigenvalue weighted by atomic mass is 10.2. The summed E-state index contributed by atoms with van der Waals surface area (Å²) in [6.07, 6.45) is 1.45. The lowest BCUT2D eigenvalue weighted by Crippen LogP contribution is -2.14. The summed E-state index contributed by atoms with van der Waals surface area (Å²) in [6.45, 7) is 0.564. The average Bonchev–Trinajstić information content (AvgIpc) is 3.04.